The maximum Gasteiger partial charge on any atom is 0.224 e. The van der Waals surface area contributed by atoms with E-state index in [1.54, 1.807) is 26.0 Å². The first-order valence-corrected chi connectivity index (χ1v) is 11.4. The van der Waals surface area contributed by atoms with E-state index in [1.807, 2.05) is 42.3 Å². The van der Waals surface area contributed by atoms with Gasteiger partial charge in [0, 0.05) is 24.6 Å². The van der Waals surface area contributed by atoms with E-state index >= 15 is 0 Å². The predicted octanol–water partition coefficient (Wildman–Crippen LogP) is 3.17. The zero-order valence-corrected chi connectivity index (χ0v) is 19.6. The summed E-state index contributed by atoms with van der Waals surface area (Å²) in [5, 5.41) is 18.2. The van der Waals surface area contributed by atoms with Crippen LogP contribution in [-0.4, -0.2) is 52.4 Å². The molecular weight excluding hydrogens is 437 g/mol. The minimum absolute atomic E-state index is 0.137. The van der Waals surface area contributed by atoms with Crippen LogP contribution in [0, 0.1) is 19.7 Å². The van der Waals surface area contributed by atoms with Gasteiger partial charge in [-0.15, -0.1) is 0 Å². The molecule has 0 spiro atoms. The minimum Gasteiger partial charge on any atom is -0.487 e. The minimum atomic E-state index is -0.888. The lowest BCUT2D eigenvalue weighted by molar-refractivity contribution is -0.121. The zero-order chi connectivity index (χ0) is 24.2. The lowest BCUT2D eigenvalue weighted by atomic mass is 10.1. The van der Waals surface area contributed by atoms with Crippen molar-refractivity contribution in [2.75, 3.05) is 7.05 Å². The number of rotatable bonds is 8. The number of nitrogens with zero attached hydrogens (tertiary/aromatic N) is 2. The molecule has 0 radical (unpaired) electrons. The molecule has 1 fully saturated rings. The van der Waals surface area contributed by atoms with Crippen molar-refractivity contribution in [3.05, 3.63) is 83.0 Å². The standard InChI is InChI=1S/C26H30FN3O4/c1-16-21(17(2)34-29-16)13-24(31)28-22-14-23(33-20-11-7-10-19(27)12-20)26(32)25(22)30(3)15-18-8-5-4-6-9-18/h4-12,22-23,25-26,32H,13-15H2,1-3H3,(H,28,31)/t22-,23-,25+,26+/m1/s1. The highest BCUT2D eigenvalue weighted by molar-refractivity contribution is 5.79. The van der Waals surface area contributed by atoms with Crippen LogP contribution >= 0.6 is 0 Å². The molecule has 1 aromatic heterocycles. The van der Waals surface area contributed by atoms with E-state index in [9.17, 15) is 14.3 Å². The Morgan fingerprint density at radius 1 is 1.24 bits per heavy atom. The number of aryl methyl sites for hydroxylation is 2. The topological polar surface area (TPSA) is 87.8 Å². The molecule has 8 heteroatoms. The molecule has 4 rings (SSSR count). The van der Waals surface area contributed by atoms with Gasteiger partial charge in [0.05, 0.1) is 24.2 Å². The zero-order valence-electron chi connectivity index (χ0n) is 19.6. The Morgan fingerprint density at radius 3 is 2.68 bits per heavy atom. The highest BCUT2D eigenvalue weighted by Gasteiger charge is 2.46. The van der Waals surface area contributed by atoms with Gasteiger partial charge in [-0.3, -0.25) is 9.69 Å². The molecule has 0 saturated heterocycles. The number of benzene rings is 2. The Balaban J connectivity index is 1.52. The van der Waals surface area contributed by atoms with E-state index < -0.39 is 24.1 Å². The van der Waals surface area contributed by atoms with Gasteiger partial charge in [-0.2, -0.15) is 0 Å². The SMILES string of the molecule is Cc1noc(C)c1CC(=O)N[C@@H]1C[C@@H](Oc2cccc(F)c2)[C@H](O)[C@H]1N(C)Cc1ccccc1. The summed E-state index contributed by atoms with van der Waals surface area (Å²) < 4.78 is 24.8. The summed E-state index contributed by atoms with van der Waals surface area (Å²) >= 11 is 0. The Hall–Kier alpha value is -3.23. The molecule has 1 aliphatic rings. The van der Waals surface area contributed by atoms with E-state index in [2.05, 4.69) is 10.5 Å². The number of likely N-dealkylation sites (N-methyl/N-ethyl adjacent to an activating group) is 1. The fraction of sp³-hybridized carbons (Fsp3) is 0.385. The molecule has 1 aliphatic carbocycles. The van der Waals surface area contributed by atoms with Crippen molar-refractivity contribution >= 4 is 5.91 Å². The molecule has 3 aromatic rings. The molecule has 1 heterocycles. The van der Waals surface area contributed by atoms with Crippen molar-refractivity contribution in [1.29, 1.82) is 0 Å². The van der Waals surface area contributed by atoms with Crippen LogP contribution in [0.15, 0.2) is 59.1 Å². The van der Waals surface area contributed by atoms with E-state index in [1.165, 1.54) is 12.1 Å². The van der Waals surface area contributed by atoms with Gasteiger partial charge in [0.25, 0.3) is 0 Å². The summed E-state index contributed by atoms with van der Waals surface area (Å²) in [7, 11) is 1.92. The number of amides is 1. The molecule has 0 unspecified atom stereocenters. The third kappa shape index (κ3) is 5.46. The van der Waals surface area contributed by atoms with Crippen LogP contribution in [0.1, 0.15) is 29.0 Å². The number of nitrogens with one attached hydrogen (secondary N) is 1. The summed E-state index contributed by atoms with van der Waals surface area (Å²) in [5.41, 5.74) is 2.54. The number of hydrogen-bond acceptors (Lipinski definition) is 6. The monoisotopic (exact) mass is 467 g/mol. The lowest BCUT2D eigenvalue weighted by Crippen LogP contribution is -2.52. The summed E-state index contributed by atoms with van der Waals surface area (Å²) in [6, 6.07) is 15.0. The van der Waals surface area contributed by atoms with Crippen molar-refractivity contribution < 1.29 is 23.6 Å². The second kappa shape index (κ2) is 10.4. The smallest absolute Gasteiger partial charge is 0.224 e. The fourth-order valence-electron chi connectivity index (χ4n) is 4.68. The van der Waals surface area contributed by atoms with Crippen LogP contribution in [0.3, 0.4) is 0 Å². The van der Waals surface area contributed by atoms with Crippen LogP contribution in [0.4, 0.5) is 4.39 Å². The molecule has 180 valence electrons. The average Bonchev–Trinajstić information content (AvgIpc) is 3.27. The molecule has 4 atom stereocenters. The van der Waals surface area contributed by atoms with Gasteiger partial charge in [0.15, 0.2) is 0 Å². The van der Waals surface area contributed by atoms with Crippen LogP contribution in [0.25, 0.3) is 0 Å². The quantitative estimate of drug-likeness (QED) is 0.529. The maximum absolute atomic E-state index is 13.7. The van der Waals surface area contributed by atoms with Crippen LogP contribution < -0.4 is 10.1 Å². The molecule has 1 saturated carbocycles. The second-order valence-electron chi connectivity index (χ2n) is 8.88. The van der Waals surface area contributed by atoms with E-state index in [-0.39, 0.29) is 18.4 Å². The van der Waals surface area contributed by atoms with E-state index in [0.29, 0.717) is 30.2 Å². The van der Waals surface area contributed by atoms with Gasteiger partial charge in [-0.1, -0.05) is 41.6 Å². The summed E-state index contributed by atoms with van der Waals surface area (Å²) in [6.45, 7) is 4.17. The molecular formula is C26H30FN3O4. The highest BCUT2D eigenvalue weighted by Crippen LogP contribution is 2.30. The third-order valence-corrected chi connectivity index (χ3v) is 6.36. The van der Waals surface area contributed by atoms with Crippen molar-refractivity contribution in [2.24, 2.45) is 0 Å². The van der Waals surface area contributed by atoms with E-state index in [4.69, 9.17) is 9.26 Å². The first kappa shape index (κ1) is 23.9. The molecule has 7 nitrogen and oxygen atoms in total. The van der Waals surface area contributed by atoms with Gasteiger partial charge in [-0.25, -0.2) is 4.39 Å². The summed E-state index contributed by atoms with van der Waals surface area (Å²) in [4.78, 5) is 15.0. The van der Waals surface area contributed by atoms with Gasteiger partial charge in [0.1, 0.15) is 29.5 Å². The molecule has 0 bridgehead atoms. The van der Waals surface area contributed by atoms with Gasteiger partial charge in [0.2, 0.25) is 5.91 Å². The second-order valence-corrected chi connectivity index (χ2v) is 8.88. The fourth-order valence-corrected chi connectivity index (χ4v) is 4.68. The Labute approximate surface area is 198 Å². The number of hydrogen-bond donors (Lipinski definition) is 2. The van der Waals surface area contributed by atoms with Crippen LogP contribution in [0.5, 0.6) is 5.75 Å². The predicted molar refractivity (Wildman–Crippen MR) is 125 cm³/mol. The summed E-state index contributed by atoms with van der Waals surface area (Å²) in [5.74, 6) is 0.364. The van der Waals surface area contributed by atoms with Gasteiger partial charge >= 0.3 is 0 Å². The number of aliphatic hydroxyl groups excluding tert-OH is 1. The number of carbonyl (C=O) groups is 1. The number of aliphatic hydroxyl groups is 1. The Bertz CT molecular complexity index is 1100. The number of ether oxygens (including phenoxy) is 1. The van der Waals surface area contributed by atoms with Crippen molar-refractivity contribution in [2.45, 2.75) is 57.5 Å². The summed E-state index contributed by atoms with van der Waals surface area (Å²) in [6.07, 6.45) is -0.969. The van der Waals surface area contributed by atoms with Crippen LogP contribution in [0.2, 0.25) is 0 Å². The van der Waals surface area contributed by atoms with Crippen molar-refractivity contribution in [3.8, 4) is 5.75 Å². The average molecular weight is 468 g/mol. The maximum atomic E-state index is 13.7. The molecule has 34 heavy (non-hydrogen) atoms. The number of aromatic nitrogens is 1. The molecule has 1 amide bonds. The highest BCUT2D eigenvalue weighted by atomic mass is 19.1. The Kier molecular flexibility index (Phi) is 7.29. The van der Waals surface area contributed by atoms with Crippen molar-refractivity contribution in [3.63, 3.8) is 0 Å². The van der Waals surface area contributed by atoms with Gasteiger partial charge in [-0.05, 0) is 38.6 Å². The molecule has 0 aliphatic heterocycles. The third-order valence-electron chi connectivity index (χ3n) is 6.36. The van der Waals surface area contributed by atoms with Crippen LogP contribution in [-0.2, 0) is 17.8 Å². The molecule has 2 N–H and O–H groups in total. The first-order valence-electron chi connectivity index (χ1n) is 11.4. The molecule has 2 aromatic carbocycles. The largest absolute Gasteiger partial charge is 0.487 e. The number of carbonyl (C=O) groups excluding carboxylic acids is 1. The van der Waals surface area contributed by atoms with Crippen molar-refractivity contribution in [1.82, 2.24) is 15.4 Å². The van der Waals surface area contributed by atoms with Gasteiger partial charge < -0.3 is 19.7 Å². The lowest BCUT2D eigenvalue weighted by Gasteiger charge is -2.32. The normalized spacial score (nSPS) is 22.2. The Morgan fingerprint density at radius 2 is 2.00 bits per heavy atom. The first-order chi connectivity index (χ1) is 16.3. The van der Waals surface area contributed by atoms with E-state index in [0.717, 1.165) is 11.1 Å². The number of halogens is 1.